The second-order valence-electron chi connectivity index (χ2n) is 17.2. The topological polar surface area (TPSA) is 122 Å². The number of hydrogen-bond acceptors (Lipinski definition) is 10. The Morgan fingerprint density at radius 2 is 1.12 bits per heavy atom. The highest BCUT2D eigenvalue weighted by Gasteiger charge is 2.44. The molecule has 3 heterocycles. The van der Waals surface area contributed by atoms with E-state index in [1.807, 2.05) is 42.5 Å². The van der Waals surface area contributed by atoms with Crippen LogP contribution in [-0.4, -0.2) is 62.3 Å². The minimum Gasteiger partial charge on any atom is -0.293 e. The van der Waals surface area contributed by atoms with Gasteiger partial charge in [0.25, 0.3) is 23.6 Å². The molecule has 0 saturated carbocycles. The average molecular weight is 942 g/mol. The van der Waals surface area contributed by atoms with Crippen LogP contribution < -0.4 is 4.90 Å². The standard InChI is InChI=1S/C55H47N3O6S3/c1-4-7-24-65-43-29-40-45(51(67-26-9-6-3)50(43)66-25-8-5-2)55(64)58(54(40)63)42-23-20-34(30-57-52(61)36-18-12-16-31-17-13-19-37(44(31)36)53(57)62)35-21-22-41(56-47(35)42)46-48(59)38-27-32-14-10-11-15-33(32)28-39(38)49(46)60/h10-23,27-29,46H,4-9,24-26,30H2,1-3H3. The van der Waals surface area contributed by atoms with Crippen LogP contribution in [-0.2, 0) is 6.54 Å². The summed E-state index contributed by atoms with van der Waals surface area (Å²) in [7, 11) is 0. The summed E-state index contributed by atoms with van der Waals surface area (Å²) >= 11 is 5.10. The molecule has 0 fully saturated rings. The number of rotatable bonds is 16. The fourth-order valence-corrected chi connectivity index (χ4v) is 13.5. The highest BCUT2D eigenvalue weighted by Crippen LogP contribution is 2.48. The van der Waals surface area contributed by atoms with Crippen LogP contribution in [0.4, 0.5) is 5.69 Å². The third kappa shape index (κ3) is 7.67. The Hall–Kier alpha value is -6.08. The van der Waals surface area contributed by atoms with Crippen LogP contribution in [0.1, 0.15) is 139 Å². The Morgan fingerprint density at radius 3 is 1.73 bits per heavy atom. The number of Topliss-reactive ketones (excluding diaryl/α,β-unsaturated/α-hetero) is 2. The van der Waals surface area contributed by atoms with Gasteiger partial charge in [-0.05, 0) is 101 Å². The first-order chi connectivity index (χ1) is 32.6. The zero-order chi connectivity index (χ0) is 46.5. The van der Waals surface area contributed by atoms with Gasteiger partial charge in [-0.1, -0.05) is 101 Å². The van der Waals surface area contributed by atoms with Crippen LogP contribution >= 0.6 is 35.3 Å². The molecule has 0 N–H and O–H groups in total. The van der Waals surface area contributed by atoms with E-state index in [4.69, 9.17) is 4.98 Å². The zero-order valence-corrected chi connectivity index (χ0v) is 39.9. The number of unbranched alkanes of at least 4 members (excludes halogenated alkanes) is 3. The zero-order valence-electron chi connectivity index (χ0n) is 37.5. The van der Waals surface area contributed by atoms with Crippen molar-refractivity contribution < 1.29 is 28.8 Å². The van der Waals surface area contributed by atoms with E-state index in [2.05, 4.69) is 20.8 Å². The van der Waals surface area contributed by atoms with Gasteiger partial charge in [0.15, 0.2) is 11.6 Å². The second-order valence-corrected chi connectivity index (χ2v) is 20.5. The number of thioether (sulfide) groups is 3. The van der Waals surface area contributed by atoms with E-state index in [0.29, 0.717) is 49.7 Å². The molecule has 3 aliphatic rings. The van der Waals surface area contributed by atoms with Crippen LogP contribution in [0.3, 0.4) is 0 Å². The molecule has 10 rings (SSSR count). The number of anilines is 1. The van der Waals surface area contributed by atoms with E-state index in [-0.39, 0.29) is 35.0 Å². The molecule has 67 heavy (non-hydrogen) atoms. The van der Waals surface area contributed by atoms with Gasteiger partial charge in [-0.2, -0.15) is 0 Å². The predicted octanol–water partition coefficient (Wildman–Crippen LogP) is 13.0. The first-order valence-corrected chi connectivity index (χ1v) is 26.0. The predicted molar refractivity (Wildman–Crippen MR) is 270 cm³/mol. The molecular weight excluding hydrogens is 895 g/mol. The maximum atomic E-state index is 15.2. The number of fused-ring (bicyclic) bond motifs is 4. The number of carbonyl (C=O) groups excluding carboxylic acids is 6. The van der Waals surface area contributed by atoms with Crippen LogP contribution in [0.5, 0.6) is 0 Å². The minimum atomic E-state index is -1.26. The Kier molecular flexibility index (Phi) is 12.4. The molecule has 6 aromatic carbocycles. The fraction of sp³-hybridized carbons (Fsp3) is 0.255. The number of benzene rings is 6. The summed E-state index contributed by atoms with van der Waals surface area (Å²) in [6.07, 6.45) is 6.00. The lowest BCUT2D eigenvalue weighted by atomic mass is 9.93. The number of carbonyl (C=O) groups is 6. The summed E-state index contributed by atoms with van der Waals surface area (Å²) in [5.74, 6) is -1.35. The fourth-order valence-electron chi connectivity index (χ4n) is 9.38. The van der Waals surface area contributed by atoms with Gasteiger partial charge in [-0.3, -0.25) is 33.7 Å². The Labute approximate surface area is 401 Å². The van der Waals surface area contributed by atoms with Crippen molar-refractivity contribution in [1.82, 2.24) is 9.88 Å². The normalized spacial score (nSPS) is 14.7. The molecular formula is C55H47N3O6S3. The third-order valence-electron chi connectivity index (χ3n) is 12.9. The van der Waals surface area contributed by atoms with Crippen molar-refractivity contribution in [1.29, 1.82) is 0 Å². The second kappa shape index (κ2) is 18.5. The molecule has 7 aromatic rings. The van der Waals surface area contributed by atoms with Crippen LogP contribution in [0.15, 0.2) is 118 Å². The minimum absolute atomic E-state index is 0.142. The van der Waals surface area contributed by atoms with Crippen molar-refractivity contribution in [3.63, 3.8) is 0 Å². The quantitative estimate of drug-likeness (QED) is 0.0400. The summed E-state index contributed by atoms with van der Waals surface area (Å²) < 4.78 is 0. The third-order valence-corrected chi connectivity index (χ3v) is 16.7. The van der Waals surface area contributed by atoms with Gasteiger partial charge < -0.3 is 0 Å². The molecule has 1 aliphatic carbocycles. The number of pyridine rings is 1. The van der Waals surface area contributed by atoms with E-state index in [9.17, 15) is 19.2 Å². The molecule has 0 bridgehead atoms. The van der Waals surface area contributed by atoms with E-state index >= 15 is 9.59 Å². The van der Waals surface area contributed by atoms with Crippen molar-refractivity contribution >= 4 is 109 Å². The molecule has 9 nitrogen and oxygen atoms in total. The van der Waals surface area contributed by atoms with Crippen molar-refractivity contribution in [3.05, 3.63) is 148 Å². The number of hydrogen-bond donors (Lipinski definition) is 0. The van der Waals surface area contributed by atoms with Gasteiger partial charge in [-0.25, -0.2) is 9.88 Å². The number of amides is 4. The first-order valence-electron chi connectivity index (χ1n) is 23.0. The highest BCUT2D eigenvalue weighted by molar-refractivity contribution is 8.03. The van der Waals surface area contributed by atoms with Gasteiger partial charge in [0, 0.05) is 47.7 Å². The molecule has 0 unspecified atom stereocenters. The molecule has 0 saturated heterocycles. The van der Waals surface area contributed by atoms with Gasteiger partial charge in [-0.15, -0.1) is 35.3 Å². The maximum absolute atomic E-state index is 15.2. The van der Waals surface area contributed by atoms with Gasteiger partial charge in [0.1, 0.15) is 5.92 Å². The number of imide groups is 2. The number of ketones is 2. The van der Waals surface area contributed by atoms with Gasteiger partial charge >= 0.3 is 0 Å². The number of aromatic nitrogens is 1. The molecule has 2 aliphatic heterocycles. The summed E-state index contributed by atoms with van der Waals surface area (Å²) in [6, 6.07) is 30.4. The lowest BCUT2D eigenvalue weighted by Crippen LogP contribution is -2.39. The number of nitrogens with zero attached hydrogens (tertiary/aromatic N) is 3. The van der Waals surface area contributed by atoms with Crippen molar-refractivity contribution in [2.75, 3.05) is 22.2 Å². The van der Waals surface area contributed by atoms with E-state index in [1.54, 1.807) is 95.9 Å². The summed E-state index contributed by atoms with van der Waals surface area (Å²) in [6.45, 7) is 6.31. The molecule has 0 spiro atoms. The monoisotopic (exact) mass is 941 g/mol. The van der Waals surface area contributed by atoms with Crippen LogP contribution in [0.2, 0.25) is 0 Å². The Morgan fingerprint density at radius 1 is 0.537 bits per heavy atom. The summed E-state index contributed by atoms with van der Waals surface area (Å²) in [5, 5.41) is 3.53. The Balaban J connectivity index is 1.12. The highest BCUT2D eigenvalue weighted by atomic mass is 32.2. The lowest BCUT2D eigenvalue weighted by molar-refractivity contribution is 0.0597. The molecule has 336 valence electrons. The summed E-state index contributed by atoms with van der Waals surface area (Å²) in [4.78, 5) is 97.5. The molecule has 0 atom stereocenters. The summed E-state index contributed by atoms with van der Waals surface area (Å²) in [5.41, 5.74) is 3.24. The van der Waals surface area contributed by atoms with Crippen molar-refractivity contribution in [3.8, 4) is 0 Å². The van der Waals surface area contributed by atoms with E-state index < -0.39 is 29.5 Å². The Bertz CT molecular complexity index is 3170. The van der Waals surface area contributed by atoms with Crippen molar-refractivity contribution in [2.24, 2.45) is 0 Å². The van der Waals surface area contributed by atoms with Crippen LogP contribution in [0.25, 0.3) is 32.4 Å². The van der Waals surface area contributed by atoms with Crippen molar-refractivity contribution in [2.45, 2.75) is 86.4 Å². The van der Waals surface area contributed by atoms with E-state index in [0.717, 1.165) is 86.6 Å². The first kappa shape index (κ1) is 44.7. The van der Waals surface area contributed by atoms with Gasteiger partial charge in [0.05, 0.1) is 34.6 Å². The molecule has 1 aromatic heterocycles. The van der Waals surface area contributed by atoms with Gasteiger partial charge in [0.2, 0.25) is 0 Å². The lowest BCUT2D eigenvalue weighted by Gasteiger charge is -2.28. The molecule has 0 radical (unpaired) electrons. The molecule has 12 heteroatoms. The largest absolute Gasteiger partial charge is 0.293 e. The smallest absolute Gasteiger partial charge is 0.267 e. The van der Waals surface area contributed by atoms with Crippen LogP contribution in [0, 0.1) is 0 Å². The molecule has 4 amide bonds. The average Bonchev–Trinajstić information content (AvgIpc) is 3.73. The maximum Gasteiger partial charge on any atom is 0.267 e. The SMILES string of the molecule is CCCCSc1cc2c(c(SCCCC)c1SCCCC)C(=O)N(c1ccc(CN3C(=O)c4cccc5cccc(c45)C3=O)c3ccc(C4C(=O)c5cc6ccccc6cc5C4=O)nc13)C2=O. The van der Waals surface area contributed by atoms with E-state index in [1.165, 1.54) is 9.80 Å².